The van der Waals surface area contributed by atoms with E-state index in [0.29, 0.717) is 24.5 Å². The van der Waals surface area contributed by atoms with Crippen molar-refractivity contribution in [1.29, 1.82) is 0 Å². The number of anilines is 1. The normalized spacial score (nSPS) is 18.4. The molecule has 0 saturated carbocycles. The van der Waals surface area contributed by atoms with Crippen LogP contribution in [0.3, 0.4) is 0 Å². The van der Waals surface area contributed by atoms with Crippen LogP contribution in [0.4, 0.5) is 15.8 Å². The summed E-state index contributed by atoms with van der Waals surface area (Å²) in [5, 5.41) is 11.1. The maximum Gasteiger partial charge on any atom is 0.305 e. The molecule has 0 spiro atoms. The van der Waals surface area contributed by atoms with Crippen molar-refractivity contribution in [3.05, 3.63) is 64.0 Å². The molecular formula is C21H20FN3O5. The second-order valence-corrected chi connectivity index (χ2v) is 7.30. The van der Waals surface area contributed by atoms with Crippen LogP contribution in [-0.4, -0.2) is 47.4 Å². The zero-order chi connectivity index (χ0) is 21.3. The molecule has 1 saturated heterocycles. The Morgan fingerprint density at radius 3 is 2.57 bits per heavy atom. The van der Waals surface area contributed by atoms with Crippen molar-refractivity contribution in [2.45, 2.75) is 25.4 Å². The molecule has 0 aromatic heterocycles. The minimum Gasteiger partial charge on any atom is -0.476 e. The Hall–Kier alpha value is -3.49. The Morgan fingerprint density at radius 1 is 1.10 bits per heavy atom. The van der Waals surface area contributed by atoms with E-state index in [1.54, 1.807) is 29.2 Å². The van der Waals surface area contributed by atoms with E-state index in [0.717, 1.165) is 31.4 Å². The molecule has 2 aliphatic heterocycles. The van der Waals surface area contributed by atoms with Crippen LogP contribution in [0.2, 0.25) is 0 Å². The molecule has 8 nitrogen and oxygen atoms in total. The average Bonchev–Trinajstić information content (AvgIpc) is 2.78. The molecule has 1 fully saturated rings. The lowest BCUT2D eigenvalue weighted by molar-refractivity contribution is -0.387. The van der Waals surface area contributed by atoms with Gasteiger partial charge in [-0.15, -0.1) is 0 Å². The standard InChI is InChI=1S/C21H20FN3O5/c22-15-9-8-14(12-17(15)25(28)29)20(26)24-13-19(21(27)23-10-4-1-5-11-23)30-18-7-3-2-6-16(18)24/h2-3,6-9,12,19H,1,4-5,10-11,13H2/t19-/m0/s1. The number of nitro groups is 1. The summed E-state index contributed by atoms with van der Waals surface area (Å²) in [5.74, 6) is -1.39. The first-order valence-electron chi connectivity index (χ1n) is 9.76. The number of para-hydroxylation sites is 2. The minimum absolute atomic E-state index is 0.0314. The fraction of sp³-hybridized carbons (Fsp3) is 0.333. The number of rotatable bonds is 3. The number of carbonyl (C=O) groups excluding carboxylic acids is 2. The lowest BCUT2D eigenvalue weighted by Gasteiger charge is -2.37. The number of benzene rings is 2. The molecule has 0 aliphatic carbocycles. The Balaban J connectivity index is 1.66. The first-order valence-corrected chi connectivity index (χ1v) is 9.76. The zero-order valence-electron chi connectivity index (χ0n) is 16.1. The van der Waals surface area contributed by atoms with E-state index >= 15 is 0 Å². The summed E-state index contributed by atoms with van der Waals surface area (Å²) in [4.78, 5) is 39.5. The van der Waals surface area contributed by atoms with Crippen LogP contribution < -0.4 is 9.64 Å². The van der Waals surface area contributed by atoms with Gasteiger partial charge in [0.05, 0.1) is 17.2 Å². The molecule has 0 N–H and O–H groups in total. The molecule has 1 atom stereocenters. The Morgan fingerprint density at radius 2 is 1.83 bits per heavy atom. The number of piperidine rings is 1. The topological polar surface area (TPSA) is 93.0 Å². The van der Waals surface area contributed by atoms with E-state index < -0.39 is 28.4 Å². The van der Waals surface area contributed by atoms with Gasteiger partial charge < -0.3 is 14.5 Å². The van der Waals surface area contributed by atoms with Gasteiger partial charge in [0, 0.05) is 24.7 Å². The molecule has 2 aromatic carbocycles. The third-order valence-corrected chi connectivity index (χ3v) is 5.35. The van der Waals surface area contributed by atoms with Gasteiger partial charge in [0.15, 0.2) is 6.10 Å². The molecule has 2 heterocycles. The highest BCUT2D eigenvalue weighted by molar-refractivity contribution is 6.08. The van der Waals surface area contributed by atoms with Crippen molar-refractivity contribution in [2.24, 2.45) is 0 Å². The molecule has 156 valence electrons. The van der Waals surface area contributed by atoms with Crippen LogP contribution in [0.1, 0.15) is 29.6 Å². The number of likely N-dealkylation sites (tertiary alicyclic amines) is 1. The summed E-state index contributed by atoms with van der Waals surface area (Å²) in [6, 6.07) is 9.81. The summed E-state index contributed by atoms with van der Waals surface area (Å²) < 4.78 is 19.6. The highest BCUT2D eigenvalue weighted by Gasteiger charge is 2.37. The van der Waals surface area contributed by atoms with Gasteiger partial charge in [0.2, 0.25) is 5.82 Å². The highest BCUT2D eigenvalue weighted by Crippen LogP contribution is 2.35. The van der Waals surface area contributed by atoms with E-state index in [4.69, 9.17) is 4.74 Å². The predicted octanol–water partition coefficient (Wildman–Crippen LogP) is 3.15. The average molecular weight is 413 g/mol. The number of hydrogen-bond donors (Lipinski definition) is 0. The molecule has 9 heteroatoms. The van der Waals surface area contributed by atoms with Gasteiger partial charge >= 0.3 is 5.69 Å². The summed E-state index contributed by atoms with van der Waals surface area (Å²) in [6.07, 6.45) is 2.05. The molecule has 2 amide bonds. The summed E-state index contributed by atoms with van der Waals surface area (Å²) in [6.45, 7) is 1.27. The van der Waals surface area contributed by atoms with E-state index in [1.165, 1.54) is 11.0 Å². The minimum atomic E-state index is -1.02. The second kappa shape index (κ2) is 8.10. The van der Waals surface area contributed by atoms with Crippen LogP contribution in [0.5, 0.6) is 5.75 Å². The van der Waals surface area contributed by atoms with Crippen LogP contribution >= 0.6 is 0 Å². The number of carbonyl (C=O) groups is 2. The van der Waals surface area contributed by atoms with Gasteiger partial charge in [-0.3, -0.25) is 19.7 Å². The van der Waals surface area contributed by atoms with Crippen LogP contribution in [0, 0.1) is 15.9 Å². The second-order valence-electron chi connectivity index (χ2n) is 7.30. The highest BCUT2D eigenvalue weighted by atomic mass is 19.1. The Kier molecular flexibility index (Phi) is 5.35. The van der Waals surface area contributed by atoms with Gasteiger partial charge in [-0.2, -0.15) is 4.39 Å². The molecule has 4 rings (SSSR count). The maximum absolute atomic E-state index is 13.7. The van der Waals surface area contributed by atoms with Crippen LogP contribution in [-0.2, 0) is 4.79 Å². The lowest BCUT2D eigenvalue weighted by Crippen LogP contribution is -2.52. The number of nitrogens with zero attached hydrogens (tertiary/aromatic N) is 3. The predicted molar refractivity (Wildman–Crippen MR) is 106 cm³/mol. The van der Waals surface area contributed by atoms with Gasteiger partial charge in [-0.05, 0) is 43.5 Å². The van der Waals surface area contributed by atoms with E-state index in [1.807, 2.05) is 0 Å². The first kappa shape index (κ1) is 19.8. The van der Waals surface area contributed by atoms with E-state index in [9.17, 15) is 24.1 Å². The quantitative estimate of drug-likeness (QED) is 0.569. The lowest BCUT2D eigenvalue weighted by atomic mass is 10.1. The number of fused-ring (bicyclic) bond motifs is 1. The largest absolute Gasteiger partial charge is 0.476 e. The Labute approximate surface area is 172 Å². The van der Waals surface area contributed by atoms with Crippen molar-refractivity contribution in [3.63, 3.8) is 0 Å². The van der Waals surface area contributed by atoms with Crippen molar-refractivity contribution in [3.8, 4) is 5.75 Å². The van der Waals surface area contributed by atoms with E-state index in [2.05, 4.69) is 0 Å². The number of nitro benzene ring substituents is 1. The Bertz CT molecular complexity index is 1010. The van der Waals surface area contributed by atoms with Crippen molar-refractivity contribution < 1.29 is 23.6 Å². The zero-order valence-corrected chi connectivity index (χ0v) is 16.1. The molecular weight excluding hydrogens is 393 g/mol. The smallest absolute Gasteiger partial charge is 0.305 e. The van der Waals surface area contributed by atoms with E-state index in [-0.39, 0.29) is 18.0 Å². The fourth-order valence-electron chi connectivity index (χ4n) is 3.81. The number of hydrogen-bond acceptors (Lipinski definition) is 5. The number of amides is 2. The molecule has 2 aliphatic rings. The molecule has 0 bridgehead atoms. The SMILES string of the molecule is O=C([C@@H]1CN(C(=O)c2ccc(F)c([N+](=O)[O-])c2)c2ccccc2O1)N1CCCCC1. The summed E-state index contributed by atoms with van der Waals surface area (Å²) in [7, 11) is 0. The van der Waals surface area contributed by atoms with Crippen LogP contribution in [0.25, 0.3) is 0 Å². The number of ether oxygens (including phenoxy) is 1. The first-order chi connectivity index (χ1) is 14.5. The molecule has 2 aromatic rings. The van der Waals surface area contributed by atoms with Crippen LogP contribution in [0.15, 0.2) is 42.5 Å². The molecule has 0 radical (unpaired) electrons. The molecule has 30 heavy (non-hydrogen) atoms. The van der Waals surface area contributed by atoms with Gasteiger partial charge in [0.1, 0.15) is 5.75 Å². The third-order valence-electron chi connectivity index (χ3n) is 5.35. The number of halogens is 1. The van der Waals surface area contributed by atoms with Gasteiger partial charge in [-0.1, -0.05) is 12.1 Å². The van der Waals surface area contributed by atoms with Crippen molar-refractivity contribution >= 4 is 23.2 Å². The fourth-order valence-corrected chi connectivity index (χ4v) is 3.81. The molecule has 0 unspecified atom stereocenters. The maximum atomic E-state index is 13.7. The van der Waals surface area contributed by atoms with Crippen molar-refractivity contribution in [1.82, 2.24) is 4.90 Å². The third kappa shape index (κ3) is 3.70. The summed E-state index contributed by atoms with van der Waals surface area (Å²) >= 11 is 0. The van der Waals surface area contributed by atoms with Gasteiger partial charge in [0.25, 0.3) is 11.8 Å². The summed E-state index contributed by atoms with van der Waals surface area (Å²) in [5.41, 5.74) is -0.357. The van der Waals surface area contributed by atoms with Gasteiger partial charge in [-0.25, -0.2) is 0 Å². The monoisotopic (exact) mass is 413 g/mol. The van der Waals surface area contributed by atoms with Crippen molar-refractivity contribution in [2.75, 3.05) is 24.5 Å².